The highest BCUT2D eigenvalue weighted by atomic mass is 16.6. The first-order chi connectivity index (χ1) is 37.0. The number of allylic oxidation sites excluding steroid dienone is 10. The predicted molar refractivity (Wildman–Crippen MR) is 325 cm³/mol. The second-order valence-electron chi connectivity index (χ2n) is 22.0. The van der Waals surface area contributed by atoms with E-state index in [1.165, 1.54) is 205 Å². The largest absolute Gasteiger partial charge is 0.462 e. The van der Waals surface area contributed by atoms with Crippen molar-refractivity contribution in [3.63, 3.8) is 0 Å². The molecule has 6 nitrogen and oxygen atoms in total. The minimum Gasteiger partial charge on any atom is -0.462 e. The molecule has 0 aliphatic carbocycles. The van der Waals surface area contributed by atoms with Gasteiger partial charge in [-0.1, -0.05) is 300 Å². The number of hydrogen-bond donors (Lipinski definition) is 0. The van der Waals surface area contributed by atoms with Crippen LogP contribution in [-0.4, -0.2) is 37.2 Å². The minimum atomic E-state index is -0.785. The Hall–Kier alpha value is -2.89. The summed E-state index contributed by atoms with van der Waals surface area (Å²) < 4.78 is 16.9. The topological polar surface area (TPSA) is 78.9 Å². The number of unbranched alkanes of at least 4 members (excludes halogenated alkanes) is 39. The zero-order valence-corrected chi connectivity index (χ0v) is 50.1. The summed E-state index contributed by atoms with van der Waals surface area (Å²) in [5.41, 5.74) is 0. The van der Waals surface area contributed by atoms with E-state index in [0.717, 1.165) is 96.3 Å². The van der Waals surface area contributed by atoms with E-state index in [9.17, 15) is 14.4 Å². The molecule has 0 aromatic heterocycles. The molecule has 0 heterocycles. The fourth-order valence-electron chi connectivity index (χ4n) is 9.61. The van der Waals surface area contributed by atoms with Crippen molar-refractivity contribution in [3.05, 3.63) is 60.8 Å². The zero-order valence-electron chi connectivity index (χ0n) is 50.1. The molecule has 0 saturated carbocycles. The Kier molecular flexibility index (Phi) is 61.2. The van der Waals surface area contributed by atoms with Gasteiger partial charge in [0.15, 0.2) is 6.10 Å². The molecule has 75 heavy (non-hydrogen) atoms. The van der Waals surface area contributed by atoms with Crippen LogP contribution in [-0.2, 0) is 28.6 Å². The van der Waals surface area contributed by atoms with Crippen molar-refractivity contribution in [2.24, 2.45) is 0 Å². The van der Waals surface area contributed by atoms with E-state index in [1.807, 2.05) is 0 Å². The van der Waals surface area contributed by atoms with E-state index in [1.54, 1.807) is 0 Å². The molecule has 0 spiro atoms. The smallest absolute Gasteiger partial charge is 0.306 e. The van der Waals surface area contributed by atoms with Gasteiger partial charge in [-0.15, -0.1) is 0 Å². The van der Waals surface area contributed by atoms with E-state index < -0.39 is 6.10 Å². The van der Waals surface area contributed by atoms with Crippen LogP contribution in [0.1, 0.15) is 342 Å². The van der Waals surface area contributed by atoms with Gasteiger partial charge in [0.05, 0.1) is 0 Å². The zero-order chi connectivity index (χ0) is 54.3. The Morgan fingerprint density at radius 1 is 0.280 bits per heavy atom. The summed E-state index contributed by atoms with van der Waals surface area (Å²) >= 11 is 0. The van der Waals surface area contributed by atoms with Gasteiger partial charge >= 0.3 is 17.9 Å². The molecule has 0 aromatic carbocycles. The monoisotopic (exact) mass is 1050 g/mol. The van der Waals surface area contributed by atoms with E-state index in [2.05, 4.69) is 81.5 Å². The first kappa shape index (κ1) is 72.1. The third kappa shape index (κ3) is 61.8. The third-order valence-electron chi connectivity index (χ3n) is 14.5. The molecule has 0 radical (unpaired) electrons. The predicted octanol–water partition coefficient (Wildman–Crippen LogP) is 22.3. The highest BCUT2D eigenvalue weighted by Gasteiger charge is 2.19. The average Bonchev–Trinajstić information content (AvgIpc) is 3.41. The summed E-state index contributed by atoms with van der Waals surface area (Å²) in [7, 11) is 0. The van der Waals surface area contributed by atoms with Gasteiger partial charge in [0.2, 0.25) is 0 Å². The Balaban J connectivity index is 4.36. The summed E-state index contributed by atoms with van der Waals surface area (Å²) in [6.45, 7) is 6.56. The Bertz CT molecular complexity index is 1340. The molecule has 0 rings (SSSR count). The van der Waals surface area contributed by atoms with Gasteiger partial charge in [-0.3, -0.25) is 14.4 Å². The summed E-state index contributed by atoms with van der Waals surface area (Å²) in [5.74, 6) is -0.885. The number of esters is 3. The fourth-order valence-corrected chi connectivity index (χ4v) is 9.61. The highest BCUT2D eigenvalue weighted by Crippen LogP contribution is 2.17. The maximum absolute atomic E-state index is 12.9. The molecule has 0 amide bonds. The fraction of sp³-hybridized carbons (Fsp3) is 0.812. The van der Waals surface area contributed by atoms with Gasteiger partial charge < -0.3 is 14.2 Å². The number of rotatable bonds is 60. The van der Waals surface area contributed by atoms with Crippen molar-refractivity contribution in [2.45, 2.75) is 348 Å². The molecule has 0 aliphatic heterocycles. The quantitative estimate of drug-likeness (QED) is 0.0261. The van der Waals surface area contributed by atoms with Crippen molar-refractivity contribution < 1.29 is 28.6 Å². The highest BCUT2D eigenvalue weighted by molar-refractivity contribution is 5.71. The molecular weight excluding hydrogens is 925 g/mol. The van der Waals surface area contributed by atoms with E-state index >= 15 is 0 Å². The van der Waals surface area contributed by atoms with Gasteiger partial charge in [0.25, 0.3) is 0 Å². The Labute approximate surface area is 466 Å². The number of hydrogen-bond acceptors (Lipinski definition) is 6. The minimum absolute atomic E-state index is 0.0800. The lowest BCUT2D eigenvalue weighted by molar-refractivity contribution is -0.167. The van der Waals surface area contributed by atoms with Gasteiger partial charge in [0, 0.05) is 19.3 Å². The first-order valence-corrected chi connectivity index (χ1v) is 32.8. The molecule has 0 N–H and O–H groups in total. The number of ether oxygens (including phenoxy) is 3. The standard InChI is InChI=1S/C69H124O6/c1-4-7-10-13-16-19-22-25-28-31-33-34-36-38-41-44-47-50-53-56-59-62-68(71)74-65-66(64-73-67(70)61-58-55-52-49-46-43-40-37-30-27-24-21-18-15-12-9-6-3)75-69(72)63-60-57-54-51-48-45-42-39-35-32-29-26-23-20-17-14-11-8-5-2/h9,12,18,21,27,30-31,33,40,43,66H,4-8,10-11,13-17,19-20,22-26,28-29,32,34-39,41-42,44-65H2,1-3H3/b12-9-,21-18-,30-27-,33-31-,43-40-. The molecule has 0 bridgehead atoms. The van der Waals surface area contributed by atoms with E-state index in [4.69, 9.17) is 14.2 Å². The second kappa shape index (κ2) is 63.6. The summed E-state index contributed by atoms with van der Waals surface area (Å²) in [4.78, 5) is 38.4. The van der Waals surface area contributed by atoms with Crippen molar-refractivity contribution >= 4 is 17.9 Å². The molecular formula is C69H124O6. The lowest BCUT2D eigenvalue weighted by atomic mass is 10.0. The van der Waals surface area contributed by atoms with Crippen molar-refractivity contribution in [1.82, 2.24) is 0 Å². The maximum atomic E-state index is 12.9. The van der Waals surface area contributed by atoms with E-state index in [0.29, 0.717) is 19.3 Å². The molecule has 6 heteroatoms. The molecule has 436 valence electrons. The van der Waals surface area contributed by atoms with Gasteiger partial charge in [-0.25, -0.2) is 0 Å². The number of carbonyl (C=O) groups excluding carboxylic acids is 3. The maximum Gasteiger partial charge on any atom is 0.306 e. The lowest BCUT2D eigenvalue weighted by Gasteiger charge is -2.18. The molecule has 0 fully saturated rings. The van der Waals surface area contributed by atoms with Gasteiger partial charge in [-0.05, 0) is 83.5 Å². The van der Waals surface area contributed by atoms with Crippen LogP contribution in [0.5, 0.6) is 0 Å². The molecule has 1 unspecified atom stereocenters. The third-order valence-corrected chi connectivity index (χ3v) is 14.5. The first-order valence-electron chi connectivity index (χ1n) is 32.8. The van der Waals surface area contributed by atoms with Gasteiger partial charge in [-0.2, -0.15) is 0 Å². The van der Waals surface area contributed by atoms with Crippen LogP contribution in [0.4, 0.5) is 0 Å². The van der Waals surface area contributed by atoms with Crippen LogP contribution < -0.4 is 0 Å². The van der Waals surface area contributed by atoms with Crippen LogP contribution >= 0.6 is 0 Å². The van der Waals surface area contributed by atoms with Crippen molar-refractivity contribution in [2.75, 3.05) is 13.2 Å². The van der Waals surface area contributed by atoms with Crippen LogP contribution in [0.3, 0.4) is 0 Å². The molecule has 0 saturated heterocycles. The lowest BCUT2D eigenvalue weighted by Crippen LogP contribution is -2.30. The van der Waals surface area contributed by atoms with Crippen LogP contribution in [0, 0.1) is 0 Å². The summed E-state index contributed by atoms with van der Waals surface area (Å²) in [5, 5.41) is 0. The average molecular weight is 1050 g/mol. The normalized spacial score (nSPS) is 12.4. The molecule has 0 aliphatic rings. The van der Waals surface area contributed by atoms with Crippen LogP contribution in [0.25, 0.3) is 0 Å². The number of carbonyl (C=O) groups is 3. The summed E-state index contributed by atoms with van der Waals surface area (Å²) in [6, 6.07) is 0. The summed E-state index contributed by atoms with van der Waals surface area (Å²) in [6.07, 6.45) is 80.9. The van der Waals surface area contributed by atoms with E-state index in [-0.39, 0.29) is 31.1 Å². The Morgan fingerprint density at radius 3 is 0.827 bits per heavy atom. The SMILES string of the molecule is CC/C=C\C/C=C\C/C=C\C/C=C\CCCCCCC(=O)OCC(COC(=O)CCCCCCCCCCC/C=C\CCCCCCCCCC)OC(=O)CCCCCCCCCCCCCCCCCCCCC. The molecule has 0 aromatic rings. The van der Waals surface area contributed by atoms with Crippen molar-refractivity contribution in [1.29, 1.82) is 0 Å². The second-order valence-corrected chi connectivity index (χ2v) is 22.0. The van der Waals surface area contributed by atoms with Gasteiger partial charge in [0.1, 0.15) is 13.2 Å². The Morgan fingerprint density at radius 2 is 0.520 bits per heavy atom. The molecule has 1 atom stereocenters. The van der Waals surface area contributed by atoms with Crippen LogP contribution in [0.15, 0.2) is 60.8 Å². The van der Waals surface area contributed by atoms with Crippen LogP contribution in [0.2, 0.25) is 0 Å². The van der Waals surface area contributed by atoms with Crippen molar-refractivity contribution in [3.8, 4) is 0 Å².